The molecule has 4 rings (SSSR count). The van der Waals surface area contributed by atoms with Gasteiger partial charge in [0, 0.05) is 12.0 Å². The van der Waals surface area contributed by atoms with E-state index in [0.29, 0.717) is 35.7 Å². The van der Waals surface area contributed by atoms with Gasteiger partial charge in [0.25, 0.3) is 5.91 Å². The van der Waals surface area contributed by atoms with Crippen molar-refractivity contribution in [2.24, 2.45) is 0 Å². The number of amides is 3. The van der Waals surface area contributed by atoms with E-state index in [1.807, 2.05) is 24.3 Å². The van der Waals surface area contributed by atoms with Gasteiger partial charge in [-0.2, -0.15) is 5.26 Å². The Labute approximate surface area is 156 Å². The summed E-state index contributed by atoms with van der Waals surface area (Å²) in [6.45, 7) is 0.660. The number of carbonyl (C=O) groups is 2. The first kappa shape index (κ1) is 16.9. The molecule has 7 heteroatoms. The van der Waals surface area contributed by atoms with Gasteiger partial charge in [-0.05, 0) is 30.3 Å². The van der Waals surface area contributed by atoms with Gasteiger partial charge in [-0.1, -0.05) is 18.2 Å². The number of imide groups is 1. The Kier molecular flexibility index (Phi) is 4.16. The number of nitriles is 1. The first-order valence-electron chi connectivity index (χ1n) is 8.63. The Bertz CT molecular complexity index is 935. The first-order valence-corrected chi connectivity index (χ1v) is 8.63. The molecule has 1 spiro atoms. The number of urea groups is 1. The van der Waals surface area contributed by atoms with E-state index in [0.717, 1.165) is 0 Å². The van der Waals surface area contributed by atoms with Crippen molar-refractivity contribution in [1.29, 1.82) is 5.26 Å². The van der Waals surface area contributed by atoms with Crippen LogP contribution in [0, 0.1) is 11.3 Å². The molecule has 136 valence electrons. The topological polar surface area (TPSA) is 91.7 Å². The van der Waals surface area contributed by atoms with Crippen molar-refractivity contribution in [3.05, 3.63) is 59.7 Å². The van der Waals surface area contributed by atoms with Crippen LogP contribution in [0.1, 0.15) is 17.5 Å². The van der Waals surface area contributed by atoms with Crippen LogP contribution in [0.15, 0.2) is 48.5 Å². The number of benzene rings is 2. The van der Waals surface area contributed by atoms with E-state index in [9.17, 15) is 9.59 Å². The van der Waals surface area contributed by atoms with Crippen LogP contribution < -0.4 is 14.8 Å². The lowest BCUT2D eigenvalue weighted by molar-refractivity contribution is -0.132. The monoisotopic (exact) mass is 363 g/mol. The molecule has 2 aliphatic rings. The molecule has 0 unspecified atom stereocenters. The summed E-state index contributed by atoms with van der Waals surface area (Å²) in [5.41, 5.74) is 0.155. The molecule has 1 fully saturated rings. The third kappa shape index (κ3) is 2.85. The second kappa shape index (κ2) is 6.65. The van der Waals surface area contributed by atoms with Crippen molar-refractivity contribution in [3.8, 4) is 17.6 Å². The normalized spacial score (nSPS) is 20.6. The fourth-order valence-electron chi connectivity index (χ4n) is 3.46. The summed E-state index contributed by atoms with van der Waals surface area (Å²) in [4.78, 5) is 26.7. The number of fused-ring (bicyclic) bond motifs is 2. The Hall–Kier alpha value is -3.53. The van der Waals surface area contributed by atoms with Gasteiger partial charge in [0.2, 0.25) is 0 Å². The smallest absolute Gasteiger partial charge is 0.325 e. The van der Waals surface area contributed by atoms with E-state index in [1.54, 1.807) is 30.3 Å². The van der Waals surface area contributed by atoms with Gasteiger partial charge in [-0.25, -0.2) is 4.79 Å². The summed E-state index contributed by atoms with van der Waals surface area (Å²) in [5.74, 6) is 0.909. The van der Waals surface area contributed by atoms with Crippen molar-refractivity contribution in [2.45, 2.75) is 12.0 Å². The van der Waals surface area contributed by atoms with Crippen LogP contribution in [0.4, 0.5) is 4.79 Å². The lowest BCUT2D eigenvalue weighted by Crippen LogP contribution is -2.47. The van der Waals surface area contributed by atoms with Crippen LogP contribution in [0.2, 0.25) is 0 Å². The molecule has 27 heavy (non-hydrogen) atoms. The van der Waals surface area contributed by atoms with Gasteiger partial charge in [0.15, 0.2) is 5.54 Å². The van der Waals surface area contributed by atoms with E-state index in [-0.39, 0.29) is 19.1 Å². The van der Waals surface area contributed by atoms with E-state index < -0.39 is 11.6 Å². The van der Waals surface area contributed by atoms with E-state index in [1.165, 1.54) is 4.90 Å². The van der Waals surface area contributed by atoms with Crippen molar-refractivity contribution in [2.75, 3.05) is 19.8 Å². The molecule has 0 bridgehead atoms. The van der Waals surface area contributed by atoms with E-state index in [4.69, 9.17) is 14.7 Å². The van der Waals surface area contributed by atoms with Gasteiger partial charge < -0.3 is 14.8 Å². The Morgan fingerprint density at radius 3 is 2.74 bits per heavy atom. The highest BCUT2D eigenvalue weighted by Crippen LogP contribution is 2.40. The number of hydrogen-bond acceptors (Lipinski definition) is 5. The molecule has 7 nitrogen and oxygen atoms in total. The second-order valence-electron chi connectivity index (χ2n) is 6.37. The predicted molar refractivity (Wildman–Crippen MR) is 95.1 cm³/mol. The van der Waals surface area contributed by atoms with Crippen molar-refractivity contribution < 1.29 is 19.1 Å². The Morgan fingerprint density at radius 2 is 1.96 bits per heavy atom. The van der Waals surface area contributed by atoms with Crippen LogP contribution in [0.3, 0.4) is 0 Å². The van der Waals surface area contributed by atoms with Crippen LogP contribution in [0.25, 0.3) is 0 Å². The number of hydrogen-bond donors (Lipinski definition) is 1. The molecule has 2 aromatic carbocycles. The summed E-state index contributed by atoms with van der Waals surface area (Å²) in [5, 5.41) is 11.7. The number of para-hydroxylation sites is 1. The number of rotatable bonds is 4. The molecular formula is C20H17N3O4. The zero-order valence-electron chi connectivity index (χ0n) is 14.5. The van der Waals surface area contributed by atoms with Crippen LogP contribution >= 0.6 is 0 Å². The maximum atomic E-state index is 13.1. The predicted octanol–water partition coefficient (Wildman–Crippen LogP) is 2.17. The third-order valence-corrected chi connectivity index (χ3v) is 4.82. The van der Waals surface area contributed by atoms with Crippen molar-refractivity contribution in [1.82, 2.24) is 10.2 Å². The van der Waals surface area contributed by atoms with Gasteiger partial charge in [-0.15, -0.1) is 0 Å². The molecule has 0 saturated carbocycles. The molecule has 3 amide bonds. The minimum Gasteiger partial charge on any atom is -0.493 e. The highest BCUT2D eigenvalue weighted by Gasteiger charge is 2.54. The van der Waals surface area contributed by atoms with Gasteiger partial charge in [-0.3, -0.25) is 9.69 Å². The van der Waals surface area contributed by atoms with Crippen LogP contribution in [-0.4, -0.2) is 36.6 Å². The molecule has 2 aromatic rings. The standard InChI is InChI=1S/C20H17N3O4/c21-13-14-5-7-15(8-6-14)26-12-10-23-18(24)20(22-19(23)25)9-11-27-17-4-2-1-3-16(17)20/h1-8H,9-12H2,(H,22,25)/t20-/m0/s1. The molecule has 1 N–H and O–H groups in total. The molecule has 1 atom stereocenters. The molecule has 0 aromatic heterocycles. The summed E-state index contributed by atoms with van der Waals surface area (Å²) in [7, 11) is 0. The van der Waals surface area contributed by atoms with E-state index in [2.05, 4.69) is 5.32 Å². The minimum atomic E-state index is -1.07. The Morgan fingerprint density at radius 1 is 1.19 bits per heavy atom. The average Bonchev–Trinajstić information content (AvgIpc) is 2.93. The molecule has 2 aliphatic heterocycles. The SMILES string of the molecule is N#Cc1ccc(OCCN2C(=O)N[C@]3(CCOc4ccccc43)C2=O)cc1. The van der Waals surface area contributed by atoms with Crippen LogP contribution in [0.5, 0.6) is 11.5 Å². The largest absolute Gasteiger partial charge is 0.493 e. The molecule has 1 saturated heterocycles. The number of nitrogens with zero attached hydrogens (tertiary/aromatic N) is 2. The maximum absolute atomic E-state index is 13.1. The Balaban J connectivity index is 1.47. The van der Waals surface area contributed by atoms with E-state index >= 15 is 0 Å². The second-order valence-corrected chi connectivity index (χ2v) is 6.37. The molecule has 0 radical (unpaired) electrons. The maximum Gasteiger partial charge on any atom is 0.325 e. The molecule has 2 heterocycles. The fourth-order valence-corrected chi connectivity index (χ4v) is 3.46. The third-order valence-electron chi connectivity index (χ3n) is 4.82. The fraction of sp³-hybridized carbons (Fsp3) is 0.250. The highest BCUT2D eigenvalue weighted by atomic mass is 16.5. The van der Waals surface area contributed by atoms with Gasteiger partial charge in [0.05, 0.1) is 24.8 Å². The number of nitrogens with one attached hydrogen (secondary N) is 1. The average molecular weight is 363 g/mol. The summed E-state index contributed by atoms with van der Waals surface area (Å²) in [6, 6.07) is 15.5. The quantitative estimate of drug-likeness (QED) is 0.841. The van der Waals surface area contributed by atoms with Gasteiger partial charge in [0.1, 0.15) is 18.1 Å². The summed E-state index contributed by atoms with van der Waals surface area (Å²) < 4.78 is 11.2. The van der Waals surface area contributed by atoms with Gasteiger partial charge >= 0.3 is 6.03 Å². The van der Waals surface area contributed by atoms with Crippen molar-refractivity contribution >= 4 is 11.9 Å². The lowest BCUT2D eigenvalue weighted by atomic mass is 9.84. The first-order chi connectivity index (χ1) is 13.1. The lowest BCUT2D eigenvalue weighted by Gasteiger charge is -2.33. The minimum absolute atomic E-state index is 0.134. The van der Waals surface area contributed by atoms with Crippen LogP contribution in [-0.2, 0) is 10.3 Å². The highest BCUT2D eigenvalue weighted by molar-refractivity contribution is 6.08. The zero-order chi connectivity index (χ0) is 18.9. The summed E-state index contributed by atoms with van der Waals surface area (Å²) in [6.07, 6.45) is 0.390. The molecular weight excluding hydrogens is 346 g/mol. The number of ether oxygens (including phenoxy) is 2. The molecule has 0 aliphatic carbocycles. The van der Waals surface area contributed by atoms with Crippen molar-refractivity contribution in [3.63, 3.8) is 0 Å². The summed E-state index contributed by atoms with van der Waals surface area (Å²) >= 11 is 0. The number of carbonyl (C=O) groups excluding carboxylic acids is 2. The zero-order valence-corrected chi connectivity index (χ0v) is 14.5.